The SMILES string of the molecule is CC(O)(CN)c1ccc(O)cc1F. The Hall–Kier alpha value is -1.13. The summed E-state index contributed by atoms with van der Waals surface area (Å²) in [6, 6.07) is 3.57. The van der Waals surface area contributed by atoms with Crippen LogP contribution in [0, 0.1) is 5.82 Å². The van der Waals surface area contributed by atoms with Crippen LogP contribution in [0.3, 0.4) is 0 Å². The molecule has 0 amide bonds. The highest BCUT2D eigenvalue weighted by molar-refractivity contribution is 5.31. The molecular weight excluding hydrogens is 173 g/mol. The molecule has 1 aromatic carbocycles. The quantitative estimate of drug-likeness (QED) is 0.635. The van der Waals surface area contributed by atoms with Crippen molar-refractivity contribution >= 4 is 0 Å². The van der Waals surface area contributed by atoms with E-state index in [4.69, 9.17) is 10.8 Å². The molecule has 3 nitrogen and oxygen atoms in total. The van der Waals surface area contributed by atoms with Crippen molar-refractivity contribution in [1.29, 1.82) is 0 Å². The van der Waals surface area contributed by atoms with Gasteiger partial charge < -0.3 is 15.9 Å². The molecule has 0 radical (unpaired) electrons. The van der Waals surface area contributed by atoms with Crippen LogP contribution in [0.1, 0.15) is 12.5 Å². The molecule has 13 heavy (non-hydrogen) atoms. The Morgan fingerprint density at radius 2 is 2.15 bits per heavy atom. The molecule has 4 N–H and O–H groups in total. The molecule has 0 aromatic heterocycles. The van der Waals surface area contributed by atoms with E-state index in [9.17, 15) is 9.50 Å². The third-order valence-electron chi connectivity index (χ3n) is 1.93. The second kappa shape index (κ2) is 3.32. The maximum atomic E-state index is 13.2. The number of phenols is 1. The van der Waals surface area contributed by atoms with Gasteiger partial charge in [-0.15, -0.1) is 0 Å². The smallest absolute Gasteiger partial charge is 0.133 e. The second-order valence-electron chi connectivity index (χ2n) is 3.14. The summed E-state index contributed by atoms with van der Waals surface area (Å²) in [5.74, 6) is -0.829. The number of nitrogens with two attached hydrogens (primary N) is 1. The number of aliphatic hydroxyl groups is 1. The van der Waals surface area contributed by atoms with Crippen molar-refractivity contribution in [3.8, 4) is 5.75 Å². The molecule has 1 atom stereocenters. The highest BCUT2D eigenvalue weighted by Crippen LogP contribution is 2.24. The van der Waals surface area contributed by atoms with Crippen molar-refractivity contribution in [2.75, 3.05) is 6.54 Å². The first-order chi connectivity index (χ1) is 5.97. The van der Waals surface area contributed by atoms with Gasteiger partial charge in [0, 0.05) is 18.2 Å². The minimum absolute atomic E-state index is 0.0747. The maximum Gasteiger partial charge on any atom is 0.133 e. The van der Waals surface area contributed by atoms with Crippen LogP contribution in [0.4, 0.5) is 4.39 Å². The van der Waals surface area contributed by atoms with E-state index in [1.165, 1.54) is 19.1 Å². The highest BCUT2D eigenvalue weighted by atomic mass is 19.1. The fraction of sp³-hybridized carbons (Fsp3) is 0.333. The fourth-order valence-corrected chi connectivity index (χ4v) is 1.05. The molecular formula is C9H12FNO2. The van der Waals surface area contributed by atoms with E-state index in [-0.39, 0.29) is 17.9 Å². The van der Waals surface area contributed by atoms with Crippen molar-refractivity contribution in [1.82, 2.24) is 0 Å². The lowest BCUT2D eigenvalue weighted by atomic mass is 9.96. The summed E-state index contributed by atoms with van der Waals surface area (Å²) < 4.78 is 13.2. The van der Waals surface area contributed by atoms with Gasteiger partial charge in [-0.25, -0.2) is 4.39 Å². The van der Waals surface area contributed by atoms with Crippen LogP contribution in [-0.2, 0) is 5.60 Å². The van der Waals surface area contributed by atoms with Gasteiger partial charge in [0.2, 0.25) is 0 Å². The summed E-state index contributed by atoms with van der Waals surface area (Å²) in [5, 5.41) is 18.5. The number of hydrogen-bond acceptors (Lipinski definition) is 3. The van der Waals surface area contributed by atoms with Gasteiger partial charge in [0.05, 0.1) is 0 Å². The van der Waals surface area contributed by atoms with Gasteiger partial charge in [-0.2, -0.15) is 0 Å². The van der Waals surface area contributed by atoms with Gasteiger partial charge in [0.25, 0.3) is 0 Å². The number of rotatable bonds is 2. The predicted octanol–water partition coefficient (Wildman–Crippen LogP) is 0.698. The van der Waals surface area contributed by atoms with Gasteiger partial charge in [-0.1, -0.05) is 0 Å². The highest BCUT2D eigenvalue weighted by Gasteiger charge is 2.24. The first-order valence-corrected chi connectivity index (χ1v) is 3.89. The van der Waals surface area contributed by atoms with Crippen molar-refractivity contribution in [3.05, 3.63) is 29.6 Å². The Bertz CT molecular complexity index is 312. The lowest BCUT2D eigenvalue weighted by molar-refractivity contribution is 0.0629. The summed E-state index contributed by atoms with van der Waals surface area (Å²) in [4.78, 5) is 0. The van der Waals surface area contributed by atoms with Gasteiger partial charge in [0.15, 0.2) is 0 Å². The molecule has 0 saturated heterocycles. The molecule has 0 aliphatic heterocycles. The molecule has 0 aliphatic carbocycles. The van der Waals surface area contributed by atoms with Crippen LogP contribution >= 0.6 is 0 Å². The van der Waals surface area contributed by atoms with Crippen molar-refractivity contribution in [2.45, 2.75) is 12.5 Å². The van der Waals surface area contributed by atoms with Gasteiger partial charge in [-0.05, 0) is 19.1 Å². The average molecular weight is 185 g/mol. The minimum Gasteiger partial charge on any atom is -0.508 e. The average Bonchev–Trinajstić information content (AvgIpc) is 2.03. The molecule has 0 spiro atoms. The van der Waals surface area contributed by atoms with Crippen LogP contribution in [0.25, 0.3) is 0 Å². The fourth-order valence-electron chi connectivity index (χ4n) is 1.05. The van der Waals surface area contributed by atoms with Crippen LogP contribution in [-0.4, -0.2) is 16.8 Å². The Balaban J connectivity index is 3.16. The topological polar surface area (TPSA) is 66.5 Å². The summed E-state index contributed by atoms with van der Waals surface area (Å²) in [6.45, 7) is 1.34. The van der Waals surface area contributed by atoms with Crippen molar-refractivity contribution in [3.63, 3.8) is 0 Å². The molecule has 0 heterocycles. The molecule has 0 aliphatic rings. The first-order valence-electron chi connectivity index (χ1n) is 3.89. The minimum atomic E-state index is -1.39. The van der Waals surface area contributed by atoms with Crippen LogP contribution in [0.5, 0.6) is 5.75 Å². The lowest BCUT2D eigenvalue weighted by Crippen LogP contribution is -2.32. The second-order valence-corrected chi connectivity index (χ2v) is 3.14. The number of aromatic hydroxyl groups is 1. The number of halogens is 1. The predicted molar refractivity (Wildman–Crippen MR) is 46.7 cm³/mol. The standard InChI is InChI=1S/C9H12FNO2/c1-9(13,5-11)7-3-2-6(12)4-8(7)10/h2-4,12-13H,5,11H2,1H3. The summed E-state index contributed by atoms with van der Waals surface area (Å²) in [7, 11) is 0. The monoisotopic (exact) mass is 185 g/mol. The summed E-state index contributed by atoms with van der Waals surface area (Å²) in [5.41, 5.74) is 3.97. The zero-order valence-electron chi connectivity index (χ0n) is 7.29. The molecule has 1 unspecified atom stereocenters. The molecule has 72 valence electrons. The Labute approximate surface area is 75.6 Å². The third kappa shape index (κ3) is 1.96. The number of hydrogen-bond donors (Lipinski definition) is 3. The Kier molecular flexibility index (Phi) is 2.54. The number of benzene rings is 1. The number of phenolic OH excluding ortho intramolecular Hbond substituents is 1. The Morgan fingerprint density at radius 1 is 1.54 bits per heavy atom. The van der Waals surface area contributed by atoms with E-state index in [2.05, 4.69) is 0 Å². The normalized spacial score (nSPS) is 15.4. The molecule has 0 fully saturated rings. The zero-order chi connectivity index (χ0) is 10.1. The van der Waals surface area contributed by atoms with E-state index in [0.717, 1.165) is 6.07 Å². The summed E-state index contributed by atoms with van der Waals surface area (Å²) >= 11 is 0. The largest absolute Gasteiger partial charge is 0.508 e. The van der Waals surface area contributed by atoms with Gasteiger partial charge >= 0.3 is 0 Å². The molecule has 0 bridgehead atoms. The molecule has 1 rings (SSSR count). The maximum absolute atomic E-state index is 13.2. The Morgan fingerprint density at radius 3 is 2.62 bits per heavy atom. The van der Waals surface area contributed by atoms with E-state index >= 15 is 0 Å². The van der Waals surface area contributed by atoms with Gasteiger partial charge in [0.1, 0.15) is 17.2 Å². The molecule has 0 saturated carbocycles. The van der Waals surface area contributed by atoms with Gasteiger partial charge in [-0.3, -0.25) is 0 Å². The van der Waals surface area contributed by atoms with Crippen LogP contribution in [0.2, 0.25) is 0 Å². The van der Waals surface area contributed by atoms with E-state index < -0.39 is 11.4 Å². The molecule has 4 heteroatoms. The van der Waals surface area contributed by atoms with E-state index in [0.29, 0.717) is 0 Å². The molecule has 1 aromatic rings. The first kappa shape index (κ1) is 9.95. The third-order valence-corrected chi connectivity index (χ3v) is 1.93. The van der Waals surface area contributed by atoms with E-state index in [1.54, 1.807) is 0 Å². The summed E-state index contributed by atoms with van der Waals surface area (Å²) in [6.07, 6.45) is 0. The van der Waals surface area contributed by atoms with E-state index in [1.807, 2.05) is 0 Å². The van der Waals surface area contributed by atoms with Crippen LogP contribution in [0.15, 0.2) is 18.2 Å². The van der Waals surface area contributed by atoms with Crippen molar-refractivity contribution < 1.29 is 14.6 Å². The van der Waals surface area contributed by atoms with Crippen LogP contribution < -0.4 is 5.73 Å². The zero-order valence-corrected chi connectivity index (χ0v) is 7.29. The van der Waals surface area contributed by atoms with Crippen molar-refractivity contribution in [2.24, 2.45) is 5.73 Å². The lowest BCUT2D eigenvalue weighted by Gasteiger charge is -2.21.